The molecule has 0 aliphatic heterocycles. The summed E-state index contributed by atoms with van der Waals surface area (Å²) >= 11 is 0. The first-order chi connectivity index (χ1) is 6.88. The first kappa shape index (κ1) is 15.2. The highest BCUT2D eigenvalue weighted by Crippen LogP contribution is 1.66. The Bertz CT molecular complexity index is 317. The summed E-state index contributed by atoms with van der Waals surface area (Å²) in [4.78, 5) is 3.10. The zero-order valence-electron chi connectivity index (χ0n) is 10.1. The van der Waals surface area contributed by atoms with Gasteiger partial charge in [0.1, 0.15) is 0 Å². The van der Waals surface area contributed by atoms with Crippen LogP contribution in [-0.2, 0) is 0 Å². The Labute approximate surface area is 87.9 Å². The minimum Gasteiger partial charge on any atom is -0.361 e. The van der Waals surface area contributed by atoms with Gasteiger partial charge in [-0.1, -0.05) is 46.4 Å². The molecule has 0 saturated carbocycles. The van der Waals surface area contributed by atoms with Gasteiger partial charge in [0, 0.05) is 11.5 Å². The van der Waals surface area contributed by atoms with Crippen LogP contribution in [0.15, 0.2) is 24.9 Å². The van der Waals surface area contributed by atoms with Crippen molar-refractivity contribution in [3.63, 3.8) is 0 Å². The predicted molar refractivity (Wildman–Crippen MR) is 67.5 cm³/mol. The molecule has 0 aliphatic rings. The van der Waals surface area contributed by atoms with Crippen LogP contribution in [0.25, 0.3) is 12.2 Å². The van der Waals surface area contributed by atoms with Crippen LogP contribution in [0.1, 0.15) is 34.6 Å². The third kappa shape index (κ3) is 5.41. The molecule has 0 aromatic carbocycles. The molecular weight excluding hydrogens is 170 g/mol. The van der Waals surface area contributed by atoms with E-state index in [0.29, 0.717) is 0 Å². The van der Waals surface area contributed by atoms with Gasteiger partial charge in [0.05, 0.1) is 0 Å². The van der Waals surface area contributed by atoms with Gasteiger partial charge in [-0.2, -0.15) is 0 Å². The topological polar surface area (TPSA) is 15.8 Å². The van der Waals surface area contributed by atoms with Crippen molar-refractivity contribution >= 4 is 12.2 Å². The molecule has 1 rings (SSSR count). The van der Waals surface area contributed by atoms with Gasteiger partial charge in [0.25, 0.3) is 0 Å². The molecule has 1 heterocycles. The second-order valence-electron chi connectivity index (χ2n) is 2.04. The van der Waals surface area contributed by atoms with Crippen LogP contribution < -0.4 is 10.6 Å². The van der Waals surface area contributed by atoms with Crippen molar-refractivity contribution in [2.45, 2.75) is 34.6 Å². The molecule has 0 aliphatic carbocycles. The fraction of sp³-hybridized carbons (Fsp3) is 0.385. The Hall–Kier alpha value is -1.24. The van der Waals surface area contributed by atoms with Gasteiger partial charge in [0.2, 0.25) is 0 Å². The van der Waals surface area contributed by atoms with Gasteiger partial charge in [-0.05, 0) is 24.3 Å². The average molecular weight is 193 g/mol. The van der Waals surface area contributed by atoms with Crippen LogP contribution >= 0.6 is 0 Å². The summed E-state index contributed by atoms with van der Waals surface area (Å²) in [6.45, 7) is 13.6. The van der Waals surface area contributed by atoms with Gasteiger partial charge in [-0.25, -0.2) is 0 Å². The molecular formula is C13H23N. The van der Waals surface area contributed by atoms with E-state index in [-0.39, 0.29) is 0 Å². The van der Waals surface area contributed by atoms with Crippen LogP contribution in [0.5, 0.6) is 0 Å². The summed E-state index contributed by atoms with van der Waals surface area (Å²) < 4.78 is 0. The van der Waals surface area contributed by atoms with Crippen LogP contribution in [0, 0.1) is 0 Å². The molecule has 0 radical (unpaired) electrons. The summed E-state index contributed by atoms with van der Waals surface area (Å²) in [6, 6.07) is 2.04. The zero-order chi connectivity index (χ0) is 11.4. The third-order valence-electron chi connectivity index (χ3n) is 1.41. The lowest BCUT2D eigenvalue weighted by molar-refractivity contribution is 1.32. The Morgan fingerprint density at radius 2 is 1.79 bits per heavy atom. The second kappa shape index (κ2) is 11.8. The smallest absolute Gasteiger partial charge is 0.0450 e. The van der Waals surface area contributed by atoms with Gasteiger partial charge in [-0.15, -0.1) is 0 Å². The highest BCUT2D eigenvalue weighted by molar-refractivity contribution is 5.35. The number of rotatable bonds is 1. The minimum absolute atomic E-state index is 1.12. The van der Waals surface area contributed by atoms with Crippen molar-refractivity contribution in [3.05, 3.63) is 35.5 Å². The standard InChI is InChI=1S/C9H11N.2C2H6/c1-3-5-9-8(4-2)6-7-10-9;2*1-2/h3-7,10H,1H2,2H3;2*1-2H3/b8-4-,9-5+;;. The van der Waals surface area contributed by atoms with Crippen LogP contribution in [0.4, 0.5) is 0 Å². The molecule has 1 aromatic rings. The first-order valence-electron chi connectivity index (χ1n) is 5.31. The maximum Gasteiger partial charge on any atom is 0.0450 e. The van der Waals surface area contributed by atoms with Crippen molar-refractivity contribution in [1.29, 1.82) is 0 Å². The van der Waals surface area contributed by atoms with Gasteiger partial charge in [0.15, 0.2) is 0 Å². The average Bonchev–Trinajstić information content (AvgIpc) is 2.72. The second-order valence-corrected chi connectivity index (χ2v) is 2.04. The summed E-state index contributed by atoms with van der Waals surface area (Å²) in [6.07, 6.45) is 7.71. The molecule has 0 atom stereocenters. The largest absolute Gasteiger partial charge is 0.361 e. The summed E-state index contributed by atoms with van der Waals surface area (Å²) in [5.74, 6) is 0. The third-order valence-corrected chi connectivity index (χ3v) is 1.41. The van der Waals surface area contributed by atoms with E-state index < -0.39 is 0 Å². The van der Waals surface area contributed by atoms with E-state index in [1.54, 1.807) is 6.08 Å². The number of aromatic amines is 1. The maximum absolute atomic E-state index is 3.62. The normalized spacial score (nSPS) is 10.9. The van der Waals surface area contributed by atoms with Crippen LogP contribution in [0.3, 0.4) is 0 Å². The molecule has 1 aromatic heterocycles. The molecule has 1 heteroatoms. The quantitative estimate of drug-likeness (QED) is 0.706. The molecule has 0 saturated heterocycles. The fourth-order valence-electron chi connectivity index (χ4n) is 0.908. The van der Waals surface area contributed by atoms with Gasteiger partial charge in [-0.3, -0.25) is 0 Å². The van der Waals surface area contributed by atoms with Crippen molar-refractivity contribution < 1.29 is 0 Å². The lowest BCUT2D eigenvalue weighted by atomic mass is 10.4. The predicted octanol–water partition coefficient (Wildman–Crippen LogP) is 2.83. The molecule has 80 valence electrons. The molecule has 14 heavy (non-hydrogen) atoms. The van der Waals surface area contributed by atoms with Crippen molar-refractivity contribution in [2.75, 3.05) is 0 Å². The number of hydrogen-bond acceptors (Lipinski definition) is 0. The lowest BCUT2D eigenvalue weighted by Crippen LogP contribution is -2.20. The number of hydrogen-bond donors (Lipinski definition) is 1. The van der Waals surface area contributed by atoms with E-state index in [4.69, 9.17) is 0 Å². The van der Waals surface area contributed by atoms with Crippen molar-refractivity contribution in [1.82, 2.24) is 4.98 Å². The summed E-state index contributed by atoms with van der Waals surface area (Å²) in [5.41, 5.74) is 0. The van der Waals surface area contributed by atoms with Gasteiger partial charge >= 0.3 is 0 Å². The summed E-state index contributed by atoms with van der Waals surface area (Å²) in [7, 11) is 0. The fourth-order valence-corrected chi connectivity index (χ4v) is 0.908. The van der Waals surface area contributed by atoms with E-state index in [1.165, 1.54) is 5.22 Å². The van der Waals surface area contributed by atoms with E-state index in [2.05, 4.69) is 17.6 Å². The number of H-pyrrole nitrogens is 1. The molecule has 0 unspecified atom stereocenters. The first-order valence-corrected chi connectivity index (χ1v) is 5.31. The molecule has 0 bridgehead atoms. The molecule has 0 amide bonds. The van der Waals surface area contributed by atoms with Gasteiger partial charge < -0.3 is 4.98 Å². The summed E-state index contributed by atoms with van der Waals surface area (Å²) in [5, 5.41) is 2.34. The molecule has 1 nitrogen and oxygen atoms in total. The Balaban J connectivity index is 0. The van der Waals surface area contributed by atoms with Crippen molar-refractivity contribution in [3.8, 4) is 0 Å². The lowest BCUT2D eigenvalue weighted by Gasteiger charge is -1.74. The Morgan fingerprint density at radius 3 is 2.21 bits per heavy atom. The van der Waals surface area contributed by atoms with Crippen LogP contribution in [-0.4, -0.2) is 4.98 Å². The van der Waals surface area contributed by atoms with E-state index in [1.807, 2.05) is 53.0 Å². The number of allylic oxidation sites excluding steroid dienone is 1. The highest BCUT2D eigenvalue weighted by Gasteiger charge is 1.79. The van der Waals surface area contributed by atoms with Crippen molar-refractivity contribution in [2.24, 2.45) is 0 Å². The highest BCUT2D eigenvalue weighted by atomic mass is 14.6. The SMILES string of the molecule is C=C/C=c1/[nH]cc/c1=C/C.CC.CC. The van der Waals surface area contributed by atoms with E-state index in [0.717, 1.165) is 5.35 Å². The minimum atomic E-state index is 1.12. The maximum atomic E-state index is 3.62. The Morgan fingerprint density at radius 1 is 1.21 bits per heavy atom. The number of aromatic nitrogens is 1. The van der Waals surface area contributed by atoms with E-state index in [9.17, 15) is 0 Å². The zero-order valence-corrected chi connectivity index (χ0v) is 10.1. The van der Waals surface area contributed by atoms with Crippen LogP contribution in [0.2, 0.25) is 0 Å². The van der Waals surface area contributed by atoms with E-state index >= 15 is 0 Å². The monoisotopic (exact) mass is 193 g/mol. The molecule has 0 fully saturated rings. The molecule has 1 N–H and O–H groups in total. The Kier molecular flexibility index (Phi) is 12.8. The molecule has 0 spiro atoms. The number of nitrogens with one attached hydrogen (secondary N) is 1.